The van der Waals surface area contributed by atoms with Gasteiger partial charge in [0, 0.05) is 28.9 Å². The van der Waals surface area contributed by atoms with Gasteiger partial charge in [-0.25, -0.2) is 9.18 Å². The van der Waals surface area contributed by atoms with E-state index in [1.807, 2.05) is 0 Å². The van der Waals surface area contributed by atoms with Gasteiger partial charge in [0.25, 0.3) is 0 Å². The first-order chi connectivity index (χ1) is 8.34. The number of aromatic carboxylic acids is 1. The van der Waals surface area contributed by atoms with Crippen LogP contribution in [0, 0.1) is 5.82 Å². The van der Waals surface area contributed by atoms with E-state index < -0.39 is 28.3 Å². The number of carbonyl (C=O) groups is 1. The molecule has 4 N–H and O–H groups in total. The van der Waals surface area contributed by atoms with Crippen LogP contribution in [-0.4, -0.2) is 33.3 Å². The molecule has 0 fully saturated rings. The Morgan fingerprint density at radius 3 is 2.72 bits per heavy atom. The van der Waals surface area contributed by atoms with Crippen LogP contribution in [0.3, 0.4) is 0 Å². The number of anilines is 2. The Morgan fingerprint density at radius 1 is 1.61 bits per heavy atom. The molecule has 0 aliphatic carbocycles. The van der Waals surface area contributed by atoms with Gasteiger partial charge in [0.05, 0.1) is 11.4 Å². The average Bonchev–Trinajstić information content (AvgIpc) is 2.29. The Bertz CT molecular complexity index is 493. The summed E-state index contributed by atoms with van der Waals surface area (Å²) in [6.07, 6.45) is 1.56. The number of hydrogen-bond donors (Lipinski definition) is 3. The molecule has 0 aliphatic rings. The van der Waals surface area contributed by atoms with E-state index in [0.717, 1.165) is 6.07 Å². The molecular weight excluding hydrogens is 259 g/mol. The van der Waals surface area contributed by atoms with Crippen LogP contribution < -0.4 is 11.1 Å². The van der Waals surface area contributed by atoms with Gasteiger partial charge < -0.3 is 16.2 Å². The van der Waals surface area contributed by atoms with Crippen LogP contribution in [0.25, 0.3) is 0 Å². The second kappa shape index (κ2) is 5.81. The van der Waals surface area contributed by atoms with Crippen LogP contribution in [0.1, 0.15) is 17.3 Å². The van der Waals surface area contributed by atoms with E-state index >= 15 is 0 Å². The Labute approximate surface area is 107 Å². The molecule has 2 unspecified atom stereocenters. The number of benzene rings is 1. The third-order valence-electron chi connectivity index (χ3n) is 2.55. The predicted octanol–water partition coefficient (Wildman–Crippen LogP) is 1.29. The van der Waals surface area contributed by atoms with Crippen molar-refractivity contribution in [2.45, 2.75) is 12.2 Å². The topological polar surface area (TPSA) is 92.4 Å². The van der Waals surface area contributed by atoms with Crippen molar-refractivity contribution >= 4 is 28.1 Å². The normalized spacial score (nSPS) is 13.9. The van der Waals surface area contributed by atoms with E-state index in [1.54, 1.807) is 13.2 Å². The summed E-state index contributed by atoms with van der Waals surface area (Å²) >= 11 is 0. The van der Waals surface area contributed by atoms with E-state index in [0.29, 0.717) is 6.54 Å². The Morgan fingerprint density at radius 2 is 2.22 bits per heavy atom. The Balaban J connectivity index is 2.99. The first-order valence-electron chi connectivity index (χ1n) is 5.22. The largest absolute Gasteiger partial charge is 0.478 e. The first-order valence-corrected chi connectivity index (χ1v) is 6.84. The van der Waals surface area contributed by atoms with Crippen LogP contribution in [0.5, 0.6) is 0 Å². The molecule has 5 nitrogen and oxygen atoms in total. The fraction of sp³-hybridized carbons (Fsp3) is 0.364. The van der Waals surface area contributed by atoms with Gasteiger partial charge in [0.15, 0.2) is 0 Å². The fourth-order valence-electron chi connectivity index (χ4n) is 1.34. The Hall–Kier alpha value is -1.63. The van der Waals surface area contributed by atoms with Gasteiger partial charge in [-0.05, 0) is 19.1 Å². The van der Waals surface area contributed by atoms with Crippen LogP contribution >= 0.6 is 0 Å². The minimum absolute atomic E-state index is 0.155. The molecule has 0 saturated heterocycles. The van der Waals surface area contributed by atoms with Crippen molar-refractivity contribution in [1.82, 2.24) is 0 Å². The van der Waals surface area contributed by atoms with Gasteiger partial charge in [-0.2, -0.15) is 0 Å². The molecule has 0 radical (unpaired) electrons. The third kappa shape index (κ3) is 3.19. The summed E-state index contributed by atoms with van der Waals surface area (Å²) < 4.78 is 24.4. The SMILES string of the molecule is CC(CNc1ccc(F)c(N)c1C(=O)O)S(C)=O. The highest BCUT2D eigenvalue weighted by Gasteiger charge is 2.18. The molecule has 0 amide bonds. The highest BCUT2D eigenvalue weighted by atomic mass is 32.2. The minimum Gasteiger partial charge on any atom is -0.478 e. The number of carboxylic acid groups (broad SMARTS) is 1. The molecule has 0 bridgehead atoms. The zero-order valence-electron chi connectivity index (χ0n) is 10.1. The summed E-state index contributed by atoms with van der Waals surface area (Å²) in [5.74, 6) is -2.08. The number of halogens is 1. The average molecular weight is 274 g/mol. The maximum Gasteiger partial charge on any atom is 0.340 e. The second-order valence-corrected chi connectivity index (χ2v) is 5.68. The number of rotatable bonds is 5. The van der Waals surface area contributed by atoms with Crippen LogP contribution in [-0.2, 0) is 10.8 Å². The molecule has 18 heavy (non-hydrogen) atoms. The summed E-state index contributed by atoms with van der Waals surface area (Å²) in [6, 6.07) is 2.40. The van der Waals surface area contributed by atoms with E-state index in [1.165, 1.54) is 6.07 Å². The van der Waals surface area contributed by atoms with Gasteiger partial charge in [-0.1, -0.05) is 0 Å². The van der Waals surface area contributed by atoms with Crippen molar-refractivity contribution < 1.29 is 18.5 Å². The van der Waals surface area contributed by atoms with Gasteiger partial charge in [0.2, 0.25) is 0 Å². The number of hydrogen-bond acceptors (Lipinski definition) is 4. The van der Waals surface area contributed by atoms with E-state index in [4.69, 9.17) is 10.8 Å². The van der Waals surface area contributed by atoms with E-state index in [9.17, 15) is 13.4 Å². The first kappa shape index (κ1) is 14.4. The van der Waals surface area contributed by atoms with Crippen molar-refractivity contribution in [2.75, 3.05) is 23.9 Å². The molecule has 1 aromatic carbocycles. The van der Waals surface area contributed by atoms with Gasteiger partial charge >= 0.3 is 5.97 Å². The number of carboxylic acids is 1. The van der Waals surface area contributed by atoms with Crippen molar-refractivity contribution in [3.8, 4) is 0 Å². The highest BCUT2D eigenvalue weighted by molar-refractivity contribution is 7.84. The van der Waals surface area contributed by atoms with Crippen molar-refractivity contribution in [1.29, 1.82) is 0 Å². The number of nitrogens with two attached hydrogens (primary N) is 1. The highest BCUT2D eigenvalue weighted by Crippen LogP contribution is 2.25. The lowest BCUT2D eigenvalue weighted by Crippen LogP contribution is -2.22. The van der Waals surface area contributed by atoms with E-state index in [-0.39, 0.29) is 16.5 Å². The van der Waals surface area contributed by atoms with Crippen molar-refractivity contribution in [3.05, 3.63) is 23.5 Å². The standard InChI is InChI=1S/C11H15FN2O3S/c1-6(18(2)17)5-14-8-4-3-7(12)10(13)9(8)11(15)16/h3-4,6,14H,5,13H2,1-2H3,(H,15,16). The van der Waals surface area contributed by atoms with E-state index in [2.05, 4.69) is 5.32 Å². The zero-order valence-corrected chi connectivity index (χ0v) is 10.9. The Kier molecular flexibility index (Phi) is 4.66. The smallest absolute Gasteiger partial charge is 0.340 e. The predicted molar refractivity (Wildman–Crippen MR) is 69.8 cm³/mol. The van der Waals surface area contributed by atoms with Crippen molar-refractivity contribution in [3.63, 3.8) is 0 Å². The lowest BCUT2D eigenvalue weighted by atomic mass is 10.1. The van der Waals surface area contributed by atoms with Gasteiger partial charge in [0.1, 0.15) is 11.4 Å². The summed E-state index contributed by atoms with van der Waals surface area (Å²) in [7, 11) is -1.03. The molecule has 7 heteroatoms. The quantitative estimate of drug-likeness (QED) is 0.703. The molecule has 100 valence electrons. The van der Waals surface area contributed by atoms with Gasteiger partial charge in [-0.15, -0.1) is 0 Å². The molecule has 0 spiro atoms. The molecule has 1 aromatic rings. The van der Waals surface area contributed by atoms with Crippen LogP contribution in [0.4, 0.5) is 15.8 Å². The minimum atomic E-state index is -1.31. The van der Waals surface area contributed by atoms with Gasteiger partial charge in [-0.3, -0.25) is 4.21 Å². The third-order valence-corrected chi connectivity index (χ3v) is 3.85. The summed E-state index contributed by atoms with van der Waals surface area (Å²) in [6.45, 7) is 2.07. The second-order valence-electron chi connectivity index (χ2n) is 3.88. The molecule has 0 aliphatic heterocycles. The summed E-state index contributed by atoms with van der Waals surface area (Å²) in [4.78, 5) is 11.0. The maximum atomic E-state index is 13.2. The van der Waals surface area contributed by atoms with Crippen LogP contribution in [0.2, 0.25) is 0 Å². The lowest BCUT2D eigenvalue weighted by Gasteiger charge is -2.14. The number of nitrogen functional groups attached to an aromatic ring is 1. The van der Waals surface area contributed by atoms with Crippen LogP contribution in [0.15, 0.2) is 12.1 Å². The van der Waals surface area contributed by atoms with Crippen molar-refractivity contribution in [2.24, 2.45) is 0 Å². The molecule has 1 rings (SSSR count). The lowest BCUT2D eigenvalue weighted by molar-refractivity contribution is 0.0698. The number of nitrogens with one attached hydrogen (secondary N) is 1. The molecule has 0 saturated carbocycles. The monoisotopic (exact) mass is 274 g/mol. The summed E-state index contributed by atoms with van der Waals surface area (Å²) in [5.41, 5.74) is 4.91. The zero-order chi connectivity index (χ0) is 13.9. The maximum absolute atomic E-state index is 13.2. The molecular formula is C11H15FN2O3S. The molecule has 0 aromatic heterocycles. The summed E-state index contributed by atoms with van der Waals surface area (Å²) in [5, 5.41) is 11.7. The molecule has 0 heterocycles. The molecule has 2 atom stereocenters. The fourth-order valence-corrected chi connectivity index (χ4v) is 1.66.